The van der Waals surface area contributed by atoms with Gasteiger partial charge in [-0.15, -0.1) is 0 Å². The molecule has 76 valence electrons. The first-order valence-corrected chi connectivity index (χ1v) is 5.47. The summed E-state index contributed by atoms with van der Waals surface area (Å²) in [5.41, 5.74) is 4.22. The highest BCUT2D eigenvalue weighted by atomic mass is 14.9. The van der Waals surface area contributed by atoms with Crippen molar-refractivity contribution in [3.8, 4) is 0 Å². The van der Waals surface area contributed by atoms with Crippen molar-refractivity contribution in [1.29, 1.82) is 0 Å². The topological polar surface area (TPSA) is 12.0 Å². The van der Waals surface area contributed by atoms with E-state index in [4.69, 9.17) is 0 Å². The molecule has 0 aliphatic carbocycles. The second kappa shape index (κ2) is 3.74. The first-order chi connectivity index (χ1) is 6.65. The molecular formula is C13H19N. The van der Waals surface area contributed by atoms with Gasteiger partial charge in [-0.25, -0.2) is 0 Å². The van der Waals surface area contributed by atoms with Crippen LogP contribution in [0.4, 0.5) is 0 Å². The van der Waals surface area contributed by atoms with Crippen molar-refractivity contribution in [2.75, 3.05) is 6.54 Å². The monoisotopic (exact) mass is 189 g/mol. The van der Waals surface area contributed by atoms with Crippen LogP contribution >= 0.6 is 0 Å². The smallest absolute Gasteiger partial charge is 0.0323 e. The predicted molar refractivity (Wildman–Crippen MR) is 60.4 cm³/mol. The highest BCUT2D eigenvalue weighted by Crippen LogP contribution is 2.27. The molecule has 1 N–H and O–H groups in total. The van der Waals surface area contributed by atoms with Gasteiger partial charge in [0.2, 0.25) is 0 Å². The lowest BCUT2D eigenvalue weighted by molar-refractivity contribution is 0.611. The quantitative estimate of drug-likeness (QED) is 0.716. The molecule has 1 nitrogen and oxygen atoms in total. The van der Waals surface area contributed by atoms with Crippen LogP contribution in [0.3, 0.4) is 0 Å². The zero-order valence-corrected chi connectivity index (χ0v) is 9.30. The van der Waals surface area contributed by atoms with Crippen molar-refractivity contribution in [3.63, 3.8) is 0 Å². The number of rotatable bonds is 1. The second-order valence-corrected chi connectivity index (χ2v) is 4.72. The second-order valence-electron chi connectivity index (χ2n) is 4.72. The Bertz CT molecular complexity index is 310. The molecule has 1 aromatic rings. The molecule has 1 saturated heterocycles. The van der Waals surface area contributed by atoms with E-state index < -0.39 is 0 Å². The van der Waals surface area contributed by atoms with Gasteiger partial charge in [0.25, 0.3) is 0 Å². The molecule has 0 radical (unpaired) electrons. The van der Waals surface area contributed by atoms with Crippen LogP contribution in [0, 0.1) is 19.8 Å². The maximum Gasteiger partial charge on any atom is 0.0323 e. The van der Waals surface area contributed by atoms with Crippen LogP contribution in [0.15, 0.2) is 18.2 Å². The molecule has 1 heteroatoms. The number of nitrogens with one attached hydrogen (secondary N) is 1. The Morgan fingerprint density at radius 2 is 1.79 bits per heavy atom. The lowest BCUT2D eigenvalue weighted by atomic mass is 9.98. The number of hydrogen-bond donors (Lipinski definition) is 1. The summed E-state index contributed by atoms with van der Waals surface area (Å²) in [5.74, 6) is 0.820. The van der Waals surface area contributed by atoms with E-state index in [9.17, 15) is 0 Å². The third kappa shape index (κ3) is 1.98. The fraction of sp³-hybridized carbons (Fsp3) is 0.538. The van der Waals surface area contributed by atoms with E-state index >= 15 is 0 Å². The van der Waals surface area contributed by atoms with E-state index in [1.807, 2.05) is 0 Å². The minimum absolute atomic E-state index is 0.587. The van der Waals surface area contributed by atoms with Gasteiger partial charge in [-0.2, -0.15) is 0 Å². The minimum atomic E-state index is 0.587. The number of aryl methyl sites for hydroxylation is 2. The van der Waals surface area contributed by atoms with Crippen LogP contribution in [0.2, 0.25) is 0 Å². The molecule has 1 aliphatic heterocycles. The molecule has 0 amide bonds. The summed E-state index contributed by atoms with van der Waals surface area (Å²) in [7, 11) is 0. The minimum Gasteiger partial charge on any atom is -0.310 e. The summed E-state index contributed by atoms with van der Waals surface area (Å²) >= 11 is 0. The molecule has 0 spiro atoms. The van der Waals surface area contributed by atoms with E-state index in [0.29, 0.717) is 6.04 Å². The van der Waals surface area contributed by atoms with E-state index in [2.05, 4.69) is 44.3 Å². The Labute approximate surface area is 86.5 Å². The van der Waals surface area contributed by atoms with Gasteiger partial charge in [-0.1, -0.05) is 36.2 Å². The Balaban J connectivity index is 2.23. The molecule has 0 bridgehead atoms. The summed E-state index contributed by atoms with van der Waals surface area (Å²) in [4.78, 5) is 0. The van der Waals surface area contributed by atoms with Crippen molar-refractivity contribution in [1.82, 2.24) is 5.32 Å². The molecule has 0 unspecified atom stereocenters. The summed E-state index contributed by atoms with van der Waals surface area (Å²) < 4.78 is 0. The molecule has 1 fully saturated rings. The van der Waals surface area contributed by atoms with Gasteiger partial charge in [0.15, 0.2) is 0 Å². The molecule has 14 heavy (non-hydrogen) atoms. The fourth-order valence-corrected chi connectivity index (χ4v) is 2.38. The van der Waals surface area contributed by atoms with Gasteiger partial charge < -0.3 is 5.32 Å². The van der Waals surface area contributed by atoms with Crippen LogP contribution in [-0.4, -0.2) is 6.54 Å². The van der Waals surface area contributed by atoms with Gasteiger partial charge in [-0.3, -0.25) is 0 Å². The summed E-state index contributed by atoms with van der Waals surface area (Å²) in [6.45, 7) is 7.83. The Morgan fingerprint density at radius 3 is 2.29 bits per heavy atom. The third-order valence-corrected chi connectivity index (χ3v) is 3.00. The van der Waals surface area contributed by atoms with E-state index in [-0.39, 0.29) is 0 Å². The molecule has 2 rings (SSSR count). The first-order valence-electron chi connectivity index (χ1n) is 5.47. The van der Waals surface area contributed by atoms with Crippen molar-refractivity contribution in [2.45, 2.75) is 33.2 Å². The normalized spacial score (nSPS) is 26.8. The van der Waals surface area contributed by atoms with Gasteiger partial charge in [0.1, 0.15) is 0 Å². The average Bonchev–Trinajstić information content (AvgIpc) is 2.50. The zero-order valence-electron chi connectivity index (χ0n) is 9.30. The first kappa shape index (κ1) is 9.72. The lowest BCUT2D eigenvalue weighted by Crippen LogP contribution is -2.13. The molecule has 1 aromatic carbocycles. The Kier molecular flexibility index (Phi) is 2.60. The van der Waals surface area contributed by atoms with Crippen LogP contribution in [0.1, 0.15) is 36.1 Å². The highest BCUT2D eigenvalue weighted by molar-refractivity contribution is 5.31. The third-order valence-electron chi connectivity index (χ3n) is 3.00. The standard InChI is InChI=1S/C13H19N/c1-9-4-10(2)6-12(5-9)13-7-11(3)8-14-13/h4-6,11,13-14H,7-8H2,1-3H3/t11-,13-/m1/s1. The van der Waals surface area contributed by atoms with Crippen molar-refractivity contribution >= 4 is 0 Å². The summed E-state index contributed by atoms with van der Waals surface area (Å²) in [6.07, 6.45) is 1.28. The fourth-order valence-electron chi connectivity index (χ4n) is 2.38. The molecular weight excluding hydrogens is 170 g/mol. The summed E-state index contributed by atoms with van der Waals surface area (Å²) in [5, 5.41) is 3.58. The van der Waals surface area contributed by atoms with Gasteiger partial charge >= 0.3 is 0 Å². The molecule has 0 saturated carbocycles. The van der Waals surface area contributed by atoms with Gasteiger partial charge in [0.05, 0.1) is 0 Å². The van der Waals surface area contributed by atoms with Crippen molar-refractivity contribution in [3.05, 3.63) is 34.9 Å². The number of hydrogen-bond acceptors (Lipinski definition) is 1. The van der Waals surface area contributed by atoms with E-state index in [0.717, 1.165) is 12.5 Å². The van der Waals surface area contributed by atoms with Crippen molar-refractivity contribution in [2.24, 2.45) is 5.92 Å². The van der Waals surface area contributed by atoms with Crippen LogP contribution < -0.4 is 5.32 Å². The summed E-state index contributed by atoms with van der Waals surface area (Å²) in [6, 6.07) is 7.44. The van der Waals surface area contributed by atoms with Gasteiger partial charge in [0, 0.05) is 6.04 Å². The average molecular weight is 189 g/mol. The largest absolute Gasteiger partial charge is 0.310 e. The molecule has 2 atom stereocenters. The predicted octanol–water partition coefficient (Wildman–Crippen LogP) is 2.97. The Morgan fingerprint density at radius 1 is 1.14 bits per heavy atom. The van der Waals surface area contributed by atoms with E-state index in [1.54, 1.807) is 0 Å². The van der Waals surface area contributed by atoms with E-state index in [1.165, 1.54) is 23.1 Å². The molecule has 1 heterocycles. The number of benzene rings is 1. The lowest BCUT2D eigenvalue weighted by Gasteiger charge is -2.12. The molecule has 0 aromatic heterocycles. The highest BCUT2D eigenvalue weighted by Gasteiger charge is 2.21. The maximum absolute atomic E-state index is 3.58. The van der Waals surface area contributed by atoms with Crippen LogP contribution in [0.5, 0.6) is 0 Å². The van der Waals surface area contributed by atoms with Crippen molar-refractivity contribution < 1.29 is 0 Å². The van der Waals surface area contributed by atoms with Crippen LogP contribution in [0.25, 0.3) is 0 Å². The maximum atomic E-state index is 3.58. The van der Waals surface area contributed by atoms with Crippen LogP contribution in [-0.2, 0) is 0 Å². The Hall–Kier alpha value is -0.820. The van der Waals surface area contributed by atoms with Gasteiger partial charge in [-0.05, 0) is 38.3 Å². The molecule has 1 aliphatic rings. The zero-order chi connectivity index (χ0) is 10.1. The SMILES string of the molecule is Cc1cc(C)cc([C@H]2C[C@@H](C)CN2)c1.